The van der Waals surface area contributed by atoms with Crippen LogP contribution in [-0.4, -0.2) is 44.3 Å². The second kappa shape index (κ2) is 13.3. The first-order valence-corrected chi connectivity index (χ1v) is 14.8. The Hall–Kier alpha value is -3.07. The number of nitrogens with zero attached hydrogens (tertiary/aromatic N) is 2. The van der Waals surface area contributed by atoms with Gasteiger partial charge in [0.15, 0.2) is 0 Å². The first kappa shape index (κ1) is 30.5. The SMILES string of the molecule is CCNC(=O)[C@@H](CC)N(Cc1ccccc1C)C(=O)CN(c1cc(Cl)cc(Cl)c1)S(=O)(=O)c1ccc(C)cc1. The lowest BCUT2D eigenvalue weighted by Crippen LogP contribution is -2.52. The molecule has 0 unspecified atom stereocenters. The third-order valence-corrected chi connectivity index (χ3v) is 8.59. The number of anilines is 1. The van der Waals surface area contributed by atoms with E-state index in [4.69, 9.17) is 23.2 Å². The molecule has 10 heteroatoms. The zero-order valence-corrected chi connectivity index (χ0v) is 24.8. The summed E-state index contributed by atoms with van der Waals surface area (Å²) in [6, 6.07) is 17.5. The van der Waals surface area contributed by atoms with Gasteiger partial charge in [-0.2, -0.15) is 0 Å². The molecule has 3 aromatic carbocycles. The average molecular weight is 591 g/mol. The third kappa shape index (κ3) is 7.53. The van der Waals surface area contributed by atoms with Gasteiger partial charge in [-0.15, -0.1) is 0 Å². The number of rotatable bonds is 11. The monoisotopic (exact) mass is 589 g/mol. The van der Waals surface area contributed by atoms with Gasteiger partial charge in [-0.05, 0) is 68.7 Å². The second-order valence-corrected chi connectivity index (χ2v) is 12.0. The predicted molar refractivity (Wildman–Crippen MR) is 157 cm³/mol. The summed E-state index contributed by atoms with van der Waals surface area (Å²) in [6.07, 6.45) is 0.344. The molecule has 0 spiro atoms. The molecule has 0 aliphatic heterocycles. The van der Waals surface area contributed by atoms with Crippen LogP contribution >= 0.6 is 23.2 Å². The maximum absolute atomic E-state index is 14.0. The smallest absolute Gasteiger partial charge is 0.264 e. The minimum atomic E-state index is -4.21. The zero-order valence-electron chi connectivity index (χ0n) is 22.4. The fraction of sp³-hybridized carbons (Fsp3) is 0.310. The van der Waals surface area contributed by atoms with E-state index in [1.165, 1.54) is 35.2 Å². The summed E-state index contributed by atoms with van der Waals surface area (Å²) in [4.78, 5) is 28.5. The summed E-state index contributed by atoms with van der Waals surface area (Å²) in [5, 5.41) is 3.24. The lowest BCUT2D eigenvalue weighted by atomic mass is 10.1. The molecule has 208 valence electrons. The van der Waals surface area contributed by atoms with Crippen molar-refractivity contribution >= 4 is 50.7 Å². The molecule has 0 fully saturated rings. The molecule has 0 aromatic heterocycles. The van der Waals surface area contributed by atoms with Crippen LogP contribution < -0.4 is 9.62 Å². The number of amides is 2. The molecule has 1 atom stereocenters. The van der Waals surface area contributed by atoms with Crippen LogP contribution in [0.25, 0.3) is 0 Å². The highest BCUT2D eigenvalue weighted by atomic mass is 35.5. The van der Waals surface area contributed by atoms with Crippen molar-refractivity contribution in [2.24, 2.45) is 0 Å². The number of aryl methyl sites for hydroxylation is 2. The maximum atomic E-state index is 14.0. The number of benzene rings is 3. The van der Waals surface area contributed by atoms with Gasteiger partial charge in [0.25, 0.3) is 10.0 Å². The van der Waals surface area contributed by atoms with Gasteiger partial charge in [0.1, 0.15) is 12.6 Å². The number of halogens is 2. The molecule has 0 bridgehead atoms. The highest BCUT2D eigenvalue weighted by molar-refractivity contribution is 7.92. The Balaban J connectivity index is 2.11. The van der Waals surface area contributed by atoms with Crippen molar-refractivity contribution in [3.63, 3.8) is 0 Å². The molecular formula is C29H33Cl2N3O4S. The minimum absolute atomic E-state index is 0.0122. The molecule has 39 heavy (non-hydrogen) atoms. The van der Waals surface area contributed by atoms with Crippen molar-refractivity contribution in [1.29, 1.82) is 0 Å². The molecule has 0 aliphatic carbocycles. The van der Waals surface area contributed by atoms with E-state index in [2.05, 4.69) is 5.32 Å². The van der Waals surface area contributed by atoms with Gasteiger partial charge >= 0.3 is 0 Å². The molecule has 0 saturated carbocycles. The molecule has 3 aromatic rings. The van der Waals surface area contributed by atoms with E-state index in [0.29, 0.717) is 13.0 Å². The van der Waals surface area contributed by atoms with E-state index in [-0.39, 0.29) is 33.1 Å². The molecule has 7 nitrogen and oxygen atoms in total. The normalized spacial score (nSPS) is 12.1. The number of hydrogen-bond donors (Lipinski definition) is 1. The Kier molecular flexibility index (Phi) is 10.4. The van der Waals surface area contributed by atoms with E-state index < -0.39 is 28.5 Å². The van der Waals surface area contributed by atoms with Crippen LogP contribution in [0.15, 0.2) is 71.6 Å². The van der Waals surface area contributed by atoms with E-state index >= 15 is 0 Å². The molecule has 0 saturated heterocycles. The first-order chi connectivity index (χ1) is 18.5. The quantitative estimate of drug-likeness (QED) is 0.308. The number of nitrogens with one attached hydrogen (secondary N) is 1. The number of carbonyl (C=O) groups is 2. The Bertz CT molecular complexity index is 1410. The average Bonchev–Trinajstić information content (AvgIpc) is 2.87. The molecule has 2 amide bonds. The van der Waals surface area contributed by atoms with Crippen LogP contribution in [0, 0.1) is 13.8 Å². The number of hydrogen-bond acceptors (Lipinski definition) is 4. The van der Waals surface area contributed by atoms with E-state index in [1.807, 2.05) is 45.0 Å². The third-order valence-electron chi connectivity index (χ3n) is 6.36. The van der Waals surface area contributed by atoms with Crippen LogP contribution in [0.3, 0.4) is 0 Å². The minimum Gasteiger partial charge on any atom is -0.355 e. The number of sulfonamides is 1. The summed E-state index contributed by atoms with van der Waals surface area (Å²) in [5.41, 5.74) is 2.84. The van der Waals surface area contributed by atoms with Gasteiger partial charge in [0, 0.05) is 23.1 Å². The van der Waals surface area contributed by atoms with Crippen LogP contribution in [0.5, 0.6) is 0 Å². The van der Waals surface area contributed by atoms with Crippen molar-refractivity contribution in [2.45, 2.75) is 51.6 Å². The predicted octanol–water partition coefficient (Wildman–Crippen LogP) is 5.75. The molecule has 0 radical (unpaired) electrons. The Morgan fingerprint density at radius 2 is 1.54 bits per heavy atom. The summed E-state index contributed by atoms with van der Waals surface area (Å²) >= 11 is 12.5. The lowest BCUT2D eigenvalue weighted by Gasteiger charge is -2.33. The van der Waals surface area contributed by atoms with Gasteiger partial charge in [0.2, 0.25) is 11.8 Å². The first-order valence-electron chi connectivity index (χ1n) is 12.6. The maximum Gasteiger partial charge on any atom is 0.264 e. The van der Waals surface area contributed by atoms with Gasteiger partial charge in [-0.25, -0.2) is 8.42 Å². The Morgan fingerprint density at radius 3 is 2.10 bits per heavy atom. The van der Waals surface area contributed by atoms with Gasteiger partial charge in [-0.3, -0.25) is 13.9 Å². The van der Waals surface area contributed by atoms with Gasteiger partial charge < -0.3 is 10.2 Å². The zero-order chi connectivity index (χ0) is 28.7. The fourth-order valence-corrected chi connectivity index (χ4v) is 6.14. The van der Waals surface area contributed by atoms with E-state index in [9.17, 15) is 18.0 Å². The van der Waals surface area contributed by atoms with Crippen LogP contribution in [0.2, 0.25) is 10.0 Å². The Labute approximate surface area is 240 Å². The van der Waals surface area contributed by atoms with Crippen LogP contribution in [0.1, 0.15) is 37.0 Å². The summed E-state index contributed by atoms with van der Waals surface area (Å²) < 4.78 is 28.8. The number of carbonyl (C=O) groups excluding carboxylic acids is 2. The van der Waals surface area contributed by atoms with Crippen molar-refractivity contribution < 1.29 is 18.0 Å². The molecule has 0 heterocycles. The van der Waals surface area contributed by atoms with E-state index in [1.54, 1.807) is 19.1 Å². The number of likely N-dealkylation sites (N-methyl/N-ethyl adjacent to an activating group) is 1. The fourth-order valence-electron chi connectivity index (χ4n) is 4.23. The van der Waals surface area contributed by atoms with Gasteiger partial charge in [0.05, 0.1) is 10.6 Å². The summed E-state index contributed by atoms with van der Waals surface area (Å²) in [6.45, 7) is 7.37. The largest absolute Gasteiger partial charge is 0.355 e. The summed E-state index contributed by atoms with van der Waals surface area (Å²) in [7, 11) is -4.21. The van der Waals surface area contributed by atoms with Crippen molar-refractivity contribution in [2.75, 3.05) is 17.4 Å². The molecular weight excluding hydrogens is 557 g/mol. The lowest BCUT2D eigenvalue weighted by molar-refractivity contribution is -0.140. The molecule has 1 N–H and O–H groups in total. The van der Waals surface area contributed by atoms with Crippen LogP contribution in [0.4, 0.5) is 5.69 Å². The highest BCUT2D eigenvalue weighted by Gasteiger charge is 2.34. The molecule has 3 rings (SSSR count). The van der Waals surface area contributed by atoms with Crippen molar-refractivity contribution in [1.82, 2.24) is 10.2 Å². The molecule has 0 aliphatic rings. The highest BCUT2D eigenvalue weighted by Crippen LogP contribution is 2.30. The second-order valence-electron chi connectivity index (χ2n) is 9.22. The van der Waals surface area contributed by atoms with Crippen molar-refractivity contribution in [3.8, 4) is 0 Å². The van der Waals surface area contributed by atoms with E-state index in [0.717, 1.165) is 21.0 Å². The van der Waals surface area contributed by atoms with Crippen molar-refractivity contribution in [3.05, 3.63) is 93.5 Å². The Morgan fingerprint density at radius 1 is 0.923 bits per heavy atom. The van der Waals surface area contributed by atoms with Crippen LogP contribution in [-0.2, 0) is 26.2 Å². The summed E-state index contributed by atoms with van der Waals surface area (Å²) in [5.74, 6) is -0.844. The topological polar surface area (TPSA) is 86.8 Å². The van der Waals surface area contributed by atoms with Gasteiger partial charge in [-0.1, -0.05) is 72.1 Å². The standard InChI is InChI=1S/C29H33Cl2N3O4S/c1-5-27(29(36)32-6-2)33(18-22-10-8-7-9-21(22)4)28(35)19-34(25-16-23(30)15-24(31)17-25)39(37,38)26-13-11-20(3)12-14-26/h7-17,27H,5-6,18-19H2,1-4H3,(H,32,36)/t27-/m1/s1.